The zero-order valence-corrected chi connectivity index (χ0v) is 10.3. The Hall–Kier alpha value is -1.09. The Morgan fingerprint density at radius 2 is 2.38 bits per heavy atom. The number of nitrogens with one attached hydrogen (secondary N) is 1. The van der Waals surface area contributed by atoms with E-state index in [0.717, 1.165) is 13.1 Å². The Balaban J connectivity index is 2.07. The smallest absolute Gasteiger partial charge is 0.0651 e. The fourth-order valence-electron chi connectivity index (χ4n) is 2.36. The number of H-pyrrole nitrogens is 1. The first-order valence-corrected chi connectivity index (χ1v) is 6.21. The van der Waals surface area contributed by atoms with Gasteiger partial charge in [0.25, 0.3) is 0 Å². The third-order valence-electron chi connectivity index (χ3n) is 3.13. The highest BCUT2D eigenvalue weighted by atomic mass is 15.1. The van der Waals surface area contributed by atoms with Crippen LogP contribution >= 0.6 is 0 Å². The lowest BCUT2D eigenvalue weighted by atomic mass is 10.1. The molecular weight excluding hydrogens is 198 g/mol. The van der Waals surface area contributed by atoms with Crippen molar-refractivity contribution in [2.75, 3.05) is 13.6 Å². The molecule has 0 radical (unpaired) electrons. The van der Waals surface area contributed by atoms with Crippen molar-refractivity contribution in [3.63, 3.8) is 0 Å². The molecule has 0 amide bonds. The van der Waals surface area contributed by atoms with Crippen LogP contribution in [-0.4, -0.2) is 28.7 Å². The highest BCUT2D eigenvalue weighted by Crippen LogP contribution is 2.28. The first kappa shape index (κ1) is 11.4. The van der Waals surface area contributed by atoms with Gasteiger partial charge in [0.2, 0.25) is 0 Å². The summed E-state index contributed by atoms with van der Waals surface area (Å²) in [7, 11) is 2.17. The zero-order valence-electron chi connectivity index (χ0n) is 10.3. The third kappa shape index (κ3) is 2.53. The van der Waals surface area contributed by atoms with Gasteiger partial charge in [-0.05, 0) is 44.8 Å². The van der Waals surface area contributed by atoms with E-state index in [0.29, 0.717) is 0 Å². The second-order valence-electron chi connectivity index (χ2n) is 4.63. The summed E-state index contributed by atoms with van der Waals surface area (Å²) in [6.07, 6.45) is 9.23. The first-order chi connectivity index (χ1) is 7.81. The molecule has 0 saturated heterocycles. The lowest BCUT2D eigenvalue weighted by Gasteiger charge is -2.15. The molecule has 0 atom stereocenters. The van der Waals surface area contributed by atoms with E-state index in [-0.39, 0.29) is 0 Å². The molecule has 0 aromatic carbocycles. The van der Waals surface area contributed by atoms with Crippen molar-refractivity contribution >= 4 is 5.57 Å². The van der Waals surface area contributed by atoms with Crippen LogP contribution in [0.4, 0.5) is 0 Å². The van der Waals surface area contributed by atoms with Gasteiger partial charge < -0.3 is 4.90 Å². The van der Waals surface area contributed by atoms with E-state index >= 15 is 0 Å². The minimum Gasteiger partial charge on any atom is -0.302 e. The maximum Gasteiger partial charge on any atom is 0.0651 e. The number of allylic oxidation sites excluding steroid dienone is 2. The van der Waals surface area contributed by atoms with Gasteiger partial charge in [-0.25, -0.2) is 0 Å². The molecule has 1 aliphatic carbocycles. The Morgan fingerprint density at radius 1 is 1.50 bits per heavy atom. The van der Waals surface area contributed by atoms with Crippen LogP contribution in [0.1, 0.15) is 43.9 Å². The van der Waals surface area contributed by atoms with Gasteiger partial charge in [0.1, 0.15) is 0 Å². The quantitative estimate of drug-likeness (QED) is 0.825. The van der Waals surface area contributed by atoms with E-state index in [1.54, 1.807) is 0 Å². The number of aromatic nitrogens is 2. The fraction of sp³-hybridized carbons (Fsp3) is 0.615. The Morgan fingerprint density at radius 3 is 3.06 bits per heavy atom. The van der Waals surface area contributed by atoms with Crippen LogP contribution in [-0.2, 0) is 6.54 Å². The second-order valence-corrected chi connectivity index (χ2v) is 4.63. The summed E-state index contributed by atoms with van der Waals surface area (Å²) in [5.41, 5.74) is 4.06. The third-order valence-corrected chi connectivity index (χ3v) is 3.13. The molecule has 3 nitrogen and oxygen atoms in total. The average molecular weight is 219 g/mol. The topological polar surface area (TPSA) is 31.9 Å². The average Bonchev–Trinajstić information content (AvgIpc) is 2.86. The van der Waals surface area contributed by atoms with Crippen LogP contribution in [0.15, 0.2) is 12.3 Å². The van der Waals surface area contributed by atoms with Gasteiger partial charge in [-0.1, -0.05) is 13.0 Å². The van der Waals surface area contributed by atoms with Crippen LogP contribution in [0.3, 0.4) is 0 Å². The second kappa shape index (κ2) is 5.30. The Bertz CT molecular complexity index is 365. The predicted octanol–water partition coefficient (Wildman–Crippen LogP) is 2.82. The van der Waals surface area contributed by atoms with Crippen molar-refractivity contribution in [1.29, 1.82) is 0 Å². The van der Waals surface area contributed by atoms with Crippen molar-refractivity contribution in [3.8, 4) is 0 Å². The summed E-state index contributed by atoms with van der Waals surface area (Å²) >= 11 is 0. The van der Waals surface area contributed by atoms with Gasteiger partial charge >= 0.3 is 0 Å². The zero-order chi connectivity index (χ0) is 11.4. The molecule has 1 heterocycles. The fourth-order valence-corrected chi connectivity index (χ4v) is 2.36. The molecule has 16 heavy (non-hydrogen) atoms. The van der Waals surface area contributed by atoms with Crippen LogP contribution in [0.25, 0.3) is 5.57 Å². The molecule has 1 aromatic heterocycles. The molecule has 1 aromatic rings. The highest BCUT2D eigenvalue weighted by Gasteiger charge is 2.14. The van der Waals surface area contributed by atoms with Gasteiger partial charge in [0, 0.05) is 12.1 Å². The molecule has 3 heteroatoms. The van der Waals surface area contributed by atoms with Crippen LogP contribution in [0.2, 0.25) is 0 Å². The first-order valence-electron chi connectivity index (χ1n) is 6.21. The molecule has 88 valence electrons. The van der Waals surface area contributed by atoms with Gasteiger partial charge in [0.15, 0.2) is 0 Å². The molecule has 0 saturated carbocycles. The predicted molar refractivity (Wildman–Crippen MR) is 67.0 cm³/mol. The molecule has 1 aliphatic rings. The summed E-state index contributed by atoms with van der Waals surface area (Å²) in [5.74, 6) is 0. The van der Waals surface area contributed by atoms with Crippen molar-refractivity contribution < 1.29 is 0 Å². The van der Waals surface area contributed by atoms with Crippen LogP contribution < -0.4 is 0 Å². The van der Waals surface area contributed by atoms with Crippen molar-refractivity contribution in [2.24, 2.45) is 0 Å². The molecule has 1 N–H and O–H groups in total. The lowest BCUT2D eigenvalue weighted by molar-refractivity contribution is 0.327. The molecule has 0 aliphatic heterocycles. The van der Waals surface area contributed by atoms with Gasteiger partial charge in [-0.3, -0.25) is 5.10 Å². The Labute approximate surface area is 97.5 Å². The minimum atomic E-state index is 0.997. The van der Waals surface area contributed by atoms with E-state index in [2.05, 4.69) is 35.1 Å². The summed E-state index contributed by atoms with van der Waals surface area (Å²) in [4.78, 5) is 2.35. The number of hydrogen-bond donors (Lipinski definition) is 1. The normalized spacial score (nSPS) is 15.8. The van der Waals surface area contributed by atoms with Gasteiger partial charge in [0.05, 0.1) is 11.9 Å². The monoisotopic (exact) mass is 219 g/mol. The molecule has 2 rings (SSSR count). The largest absolute Gasteiger partial charge is 0.302 e. The van der Waals surface area contributed by atoms with E-state index in [1.807, 2.05) is 6.20 Å². The van der Waals surface area contributed by atoms with Crippen molar-refractivity contribution in [1.82, 2.24) is 15.1 Å². The summed E-state index contributed by atoms with van der Waals surface area (Å²) in [5, 5.41) is 7.34. The molecule has 0 unspecified atom stereocenters. The van der Waals surface area contributed by atoms with Crippen LogP contribution in [0, 0.1) is 0 Å². The lowest BCUT2D eigenvalue weighted by Crippen LogP contribution is -2.18. The number of nitrogens with zero attached hydrogens (tertiary/aromatic N) is 2. The standard InChI is InChI=1S/C13H21N3/c1-3-8-16(2)10-12-9-14-15-13(12)11-6-4-5-7-11/h6,9H,3-5,7-8,10H2,1-2H3,(H,14,15). The maximum atomic E-state index is 4.19. The molecule has 0 bridgehead atoms. The molecular formula is C13H21N3. The van der Waals surface area contributed by atoms with Gasteiger partial charge in [-0.15, -0.1) is 0 Å². The number of rotatable bonds is 5. The minimum absolute atomic E-state index is 0.997. The summed E-state index contributed by atoms with van der Waals surface area (Å²) < 4.78 is 0. The highest BCUT2D eigenvalue weighted by molar-refractivity contribution is 5.66. The van der Waals surface area contributed by atoms with Crippen molar-refractivity contribution in [2.45, 2.75) is 39.2 Å². The number of aromatic amines is 1. The SMILES string of the molecule is CCCN(C)Cc1cn[nH]c1C1=CCCC1. The van der Waals surface area contributed by atoms with E-state index in [1.165, 1.54) is 42.5 Å². The molecule has 0 spiro atoms. The van der Waals surface area contributed by atoms with Crippen molar-refractivity contribution in [3.05, 3.63) is 23.5 Å². The summed E-state index contributed by atoms with van der Waals surface area (Å²) in [6.45, 7) is 4.35. The summed E-state index contributed by atoms with van der Waals surface area (Å²) in [6, 6.07) is 0. The van der Waals surface area contributed by atoms with E-state index < -0.39 is 0 Å². The van der Waals surface area contributed by atoms with Crippen LogP contribution in [0.5, 0.6) is 0 Å². The Kier molecular flexibility index (Phi) is 3.78. The van der Waals surface area contributed by atoms with E-state index in [4.69, 9.17) is 0 Å². The molecule has 0 fully saturated rings. The number of hydrogen-bond acceptors (Lipinski definition) is 2. The van der Waals surface area contributed by atoms with E-state index in [9.17, 15) is 0 Å². The van der Waals surface area contributed by atoms with Gasteiger partial charge in [-0.2, -0.15) is 5.10 Å². The maximum absolute atomic E-state index is 4.19.